The Hall–Kier alpha value is -3.17. The van der Waals surface area contributed by atoms with Crippen molar-refractivity contribution in [3.05, 3.63) is 45.1 Å². The Balaban J connectivity index is 0.00000616. The molecule has 42 heavy (non-hydrogen) atoms. The third kappa shape index (κ3) is 9.42. The van der Waals surface area contributed by atoms with E-state index in [1.807, 2.05) is 19.0 Å². The van der Waals surface area contributed by atoms with Crippen molar-refractivity contribution in [3.63, 3.8) is 0 Å². The molecule has 1 heterocycles. The summed E-state index contributed by atoms with van der Waals surface area (Å²) in [6, 6.07) is 5.10. The second-order valence-corrected chi connectivity index (χ2v) is 11.1. The zero-order valence-electron chi connectivity index (χ0n) is 25.6. The van der Waals surface area contributed by atoms with Gasteiger partial charge in [0.05, 0.1) is 16.8 Å². The average molecular weight is 602 g/mol. The highest BCUT2D eigenvalue weighted by Gasteiger charge is 2.28. The predicted octanol–water partition coefficient (Wildman–Crippen LogP) is 5.94. The van der Waals surface area contributed by atoms with Crippen LogP contribution in [0.5, 0.6) is 0 Å². The van der Waals surface area contributed by atoms with E-state index in [9.17, 15) is 14.4 Å². The highest BCUT2D eigenvalue weighted by molar-refractivity contribution is 6.08. The first-order valence-electron chi connectivity index (χ1n) is 15.1. The minimum absolute atomic E-state index is 0. The van der Waals surface area contributed by atoms with E-state index < -0.39 is 11.3 Å². The first-order chi connectivity index (χ1) is 19.8. The summed E-state index contributed by atoms with van der Waals surface area (Å²) in [4.78, 5) is 45.9. The lowest BCUT2D eigenvalue weighted by molar-refractivity contribution is 0.0946. The average Bonchev–Trinajstić information content (AvgIpc) is 2.95. The van der Waals surface area contributed by atoms with Gasteiger partial charge in [-0.2, -0.15) is 0 Å². The summed E-state index contributed by atoms with van der Waals surface area (Å²) in [5.41, 5.74) is 6.96. The second-order valence-electron chi connectivity index (χ2n) is 11.1. The van der Waals surface area contributed by atoms with Gasteiger partial charge in [-0.25, -0.2) is 4.98 Å². The number of aromatic nitrogens is 1. The van der Waals surface area contributed by atoms with Crippen LogP contribution in [-0.4, -0.2) is 55.4 Å². The first-order valence-corrected chi connectivity index (χ1v) is 15.1. The first kappa shape index (κ1) is 35.0. The number of hydrogen-bond donors (Lipinski definition) is 3. The van der Waals surface area contributed by atoms with E-state index in [1.54, 1.807) is 25.1 Å². The van der Waals surface area contributed by atoms with Crippen LogP contribution in [0, 0.1) is 6.92 Å². The highest BCUT2D eigenvalue weighted by atomic mass is 35.5. The number of carbonyl (C=O) groups is 2. The largest absolute Gasteiger partial charge is 0.452 e. The van der Waals surface area contributed by atoms with E-state index in [4.69, 9.17) is 15.1 Å². The maximum atomic E-state index is 13.2. The van der Waals surface area contributed by atoms with Crippen LogP contribution in [0.1, 0.15) is 104 Å². The van der Waals surface area contributed by atoms with Crippen molar-refractivity contribution in [2.24, 2.45) is 0 Å². The number of unbranched alkanes of at least 4 members (excludes halogenated alkanes) is 9. The van der Waals surface area contributed by atoms with E-state index >= 15 is 0 Å². The van der Waals surface area contributed by atoms with Crippen molar-refractivity contribution in [1.82, 2.24) is 20.5 Å². The number of halogens is 1. The number of nitrogens with one attached hydrogen (secondary N) is 2. The van der Waals surface area contributed by atoms with Gasteiger partial charge in [-0.05, 0) is 52.5 Å². The zero-order chi connectivity index (χ0) is 29.8. The van der Waals surface area contributed by atoms with E-state index in [1.165, 1.54) is 51.4 Å². The standard InChI is InChI=1S/C32H47N5O4.ClH/c1-5-6-7-8-9-10-11-12-13-14-19-34-31(39)23-17-15-18-24-27(23)36-28-25(32(40)35-20-16-21-37(3)4)26(33)29(38)22(2)30(28)41-24;/h15,17-18H,5-14,16,19-21,33H2,1-4H3,(H,34,39)(H,35,40);1H. The summed E-state index contributed by atoms with van der Waals surface area (Å²) in [7, 11) is 3.91. The Morgan fingerprint density at radius 2 is 1.50 bits per heavy atom. The van der Waals surface area contributed by atoms with Gasteiger partial charge in [0.15, 0.2) is 11.3 Å². The Morgan fingerprint density at radius 1 is 0.905 bits per heavy atom. The predicted molar refractivity (Wildman–Crippen MR) is 173 cm³/mol. The molecule has 0 fully saturated rings. The van der Waals surface area contributed by atoms with Crippen LogP contribution in [-0.2, 0) is 0 Å². The fourth-order valence-corrected chi connectivity index (χ4v) is 5.02. The molecule has 0 aromatic heterocycles. The third-order valence-electron chi connectivity index (χ3n) is 7.44. The zero-order valence-corrected chi connectivity index (χ0v) is 26.5. The minimum atomic E-state index is -0.492. The smallest absolute Gasteiger partial charge is 0.255 e. The summed E-state index contributed by atoms with van der Waals surface area (Å²) < 4.78 is 6.08. The fourth-order valence-electron chi connectivity index (χ4n) is 5.02. The fraction of sp³-hybridized carbons (Fsp3) is 0.562. The lowest BCUT2D eigenvalue weighted by Gasteiger charge is -2.17. The van der Waals surface area contributed by atoms with E-state index in [0.29, 0.717) is 29.8 Å². The molecule has 1 aromatic carbocycles. The molecule has 0 unspecified atom stereocenters. The van der Waals surface area contributed by atoms with Crippen molar-refractivity contribution in [2.75, 3.05) is 39.5 Å². The number of carbonyl (C=O) groups excluding carboxylic acids is 2. The third-order valence-corrected chi connectivity index (χ3v) is 7.44. The van der Waals surface area contributed by atoms with Gasteiger partial charge in [-0.1, -0.05) is 70.8 Å². The minimum Gasteiger partial charge on any atom is -0.452 e. The summed E-state index contributed by atoms with van der Waals surface area (Å²) in [5, 5.41) is 5.84. The van der Waals surface area contributed by atoms with Gasteiger partial charge >= 0.3 is 0 Å². The van der Waals surface area contributed by atoms with Crippen molar-refractivity contribution in [1.29, 1.82) is 0 Å². The summed E-state index contributed by atoms with van der Waals surface area (Å²) in [5.74, 6) is -0.556. The molecular formula is C32H48ClN5O4. The number of para-hydroxylation sites is 1. The molecule has 0 radical (unpaired) electrons. The quantitative estimate of drug-likeness (QED) is 0.0991. The Bertz CT molecular complexity index is 1340. The van der Waals surface area contributed by atoms with Crippen molar-refractivity contribution < 1.29 is 14.0 Å². The number of nitrogens with two attached hydrogens (primary N) is 1. The molecule has 0 atom stereocenters. The summed E-state index contributed by atoms with van der Waals surface area (Å²) in [6.07, 6.45) is 13.0. The van der Waals surface area contributed by atoms with Gasteiger partial charge in [-0.15, -0.1) is 12.4 Å². The molecule has 3 rings (SSSR count). The lowest BCUT2D eigenvalue weighted by Crippen LogP contribution is -2.31. The van der Waals surface area contributed by atoms with E-state index in [2.05, 4.69) is 17.6 Å². The van der Waals surface area contributed by atoms with Gasteiger partial charge in [-0.3, -0.25) is 14.4 Å². The highest BCUT2D eigenvalue weighted by Crippen LogP contribution is 2.33. The molecule has 0 saturated carbocycles. The molecule has 0 spiro atoms. The molecular weight excluding hydrogens is 554 g/mol. The maximum Gasteiger partial charge on any atom is 0.255 e. The molecule has 2 aliphatic rings. The topological polar surface area (TPSA) is 131 Å². The van der Waals surface area contributed by atoms with E-state index in [-0.39, 0.29) is 46.6 Å². The second kappa shape index (κ2) is 17.7. The molecule has 1 aromatic rings. The van der Waals surface area contributed by atoms with E-state index in [0.717, 1.165) is 25.8 Å². The molecule has 0 bridgehead atoms. The monoisotopic (exact) mass is 601 g/mol. The van der Waals surface area contributed by atoms with Crippen molar-refractivity contribution in [2.45, 2.75) is 84.5 Å². The van der Waals surface area contributed by atoms with Crippen LogP contribution < -0.4 is 21.8 Å². The van der Waals surface area contributed by atoms with Crippen LogP contribution in [0.2, 0.25) is 0 Å². The number of hydrogen-bond acceptors (Lipinski definition) is 7. The van der Waals surface area contributed by atoms with Gasteiger partial charge in [0.2, 0.25) is 5.43 Å². The SMILES string of the molecule is CCCCCCCCCCCCNC(=O)c1cccc2oc3c(C)c(=O)c(N)c(C(=O)NCCCN(C)C)c-3nc12.Cl. The Morgan fingerprint density at radius 3 is 2.14 bits per heavy atom. The molecule has 0 saturated heterocycles. The maximum absolute atomic E-state index is 13.2. The normalized spacial score (nSPS) is 11.2. The van der Waals surface area contributed by atoms with Crippen LogP contribution in [0.3, 0.4) is 0 Å². The van der Waals surface area contributed by atoms with Gasteiger partial charge in [0, 0.05) is 18.7 Å². The molecule has 10 heteroatoms. The van der Waals surface area contributed by atoms with Gasteiger partial charge < -0.3 is 25.7 Å². The molecule has 1 aliphatic carbocycles. The Labute approximate surface area is 255 Å². The Kier molecular flexibility index (Phi) is 14.8. The molecule has 4 N–H and O–H groups in total. The van der Waals surface area contributed by atoms with Crippen LogP contribution in [0.15, 0.2) is 27.4 Å². The number of nitrogen functional groups attached to an aromatic ring is 1. The molecule has 1 aliphatic heterocycles. The summed E-state index contributed by atoms with van der Waals surface area (Å²) in [6.45, 7) is 5.62. The van der Waals surface area contributed by atoms with Crippen LogP contribution in [0.25, 0.3) is 22.6 Å². The summed E-state index contributed by atoms with van der Waals surface area (Å²) >= 11 is 0. The number of rotatable bonds is 17. The lowest BCUT2D eigenvalue weighted by atomic mass is 10.00. The number of amides is 2. The molecule has 232 valence electrons. The number of nitrogens with zero attached hydrogens (tertiary/aromatic N) is 2. The van der Waals surface area contributed by atoms with Crippen LogP contribution >= 0.6 is 12.4 Å². The van der Waals surface area contributed by atoms with Gasteiger partial charge in [0.1, 0.15) is 11.2 Å². The number of fused-ring (bicyclic) bond motifs is 2. The number of anilines is 1. The van der Waals surface area contributed by atoms with Crippen molar-refractivity contribution in [3.8, 4) is 11.5 Å². The molecule has 9 nitrogen and oxygen atoms in total. The molecule has 2 amide bonds. The van der Waals surface area contributed by atoms with Crippen LogP contribution in [0.4, 0.5) is 5.69 Å². The van der Waals surface area contributed by atoms with Gasteiger partial charge in [0.25, 0.3) is 11.8 Å². The van der Waals surface area contributed by atoms with Crippen molar-refractivity contribution >= 4 is 41.0 Å². The number of benzene rings is 2.